The van der Waals surface area contributed by atoms with Gasteiger partial charge in [0.2, 0.25) is 0 Å². The minimum Gasteiger partial charge on any atom is -0.0657 e. The molecule has 0 rings (SSSR count). The maximum atomic E-state index is 2.30. The lowest BCUT2D eigenvalue weighted by atomic mass is 10.3. The van der Waals surface area contributed by atoms with Crippen LogP contribution in [0.15, 0.2) is 0 Å². The molecule has 0 saturated heterocycles. The molecule has 0 spiro atoms. The van der Waals surface area contributed by atoms with Gasteiger partial charge in [0.25, 0.3) is 0 Å². The maximum absolute atomic E-state index is 2.30. The molecule has 0 saturated carbocycles. The van der Waals surface area contributed by atoms with E-state index in [1.807, 2.05) is 0 Å². The molecule has 0 amide bonds. The second-order valence-electron chi connectivity index (χ2n) is 2.77. The van der Waals surface area contributed by atoms with Crippen molar-refractivity contribution >= 4 is 9.52 Å². The predicted molar refractivity (Wildman–Crippen MR) is 48.0 cm³/mol. The van der Waals surface area contributed by atoms with Crippen molar-refractivity contribution in [3.63, 3.8) is 0 Å². The SMILES string of the molecule is CCCCC[SiH2]CCC. The van der Waals surface area contributed by atoms with Crippen molar-refractivity contribution in [3.05, 3.63) is 0 Å². The summed E-state index contributed by atoms with van der Waals surface area (Å²) >= 11 is 0. The second-order valence-corrected chi connectivity index (χ2v) is 4.89. The van der Waals surface area contributed by atoms with Crippen molar-refractivity contribution in [1.82, 2.24) is 0 Å². The molecule has 0 aromatic carbocycles. The molecule has 0 atom stereocenters. The third-order valence-electron chi connectivity index (χ3n) is 1.71. The zero-order valence-corrected chi connectivity index (χ0v) is 8.36. The summed E-state index contributed by atoms with van der Waals surface area (Å²) in [6.07, 6.45) is 5.80. The molecule has 0 unspecified atom stereocenters. The molecule has 0 radical (unpaired) electrons. The first-order chi connectivity index (χ1) is 4.41. The van der Waals surface area contributed by atoms with Gasteiger partial charge in [0.15, 0.2) is 0 Å². The molecule has 0 bridgehead atoms. The van der Waals surface area contributed by atoms with E-state index in [0.29, 0.717) is 9.52 Å². The normalized spacial score (nSPS) is 11.3. The highest BCUT2D eigenvalue weighted by Crippen LogP contribution is 2.00. The topological polar surface area (TPSA) is 0 Å². The van der Waals surface area contributed by atoms with Gasteiger partial charge in [-0.2, -0.15) is 0 Å². The van der Waals surface area contributed by atoms with E-state index in [1.165, 1.54) is 25.7 Å². The molecule has 0 N–H and O–H groups in total. The van der Waals surface area contributed by atoms with Crippen LogP contribution in [0.5, 0.6) is 0 Å². The smallest absolute Gasteiger partial charge is 0.0197 e. The molecule has 0 aliphatic carbocycles. The Labute approximate surface area is 61.9 Å². The van der Waals surface area contributed by atoms with Gasteiger partial charge in [0, 0.05) is 9.52 Å². The fraction of sp³-hybridized carbons (Fsp3) is 1.00. The Morgan fingerprint density at radius 2 is 1.67 bits per heavy atom. The van der Waals surface area contributed by atoms with Crippen molar-refractivity contribution < 1.29 is 0 Å². The fourth-order valence-corrected chi connectivity index (χ4v) is 2.59. The Morgan fingerprint density at radius 3 is 2.22 bits per heavy atom. The van der Waals surface area contributed by atoms with Crippen LogP contribution in [0.2, 0.25) is 12.1 Å². The molecule has 0 fully saturated rings. The van der Waals surface area contributed by atoms with Gasteiger partial charge in [-0.15, -0.1) is 0 Å². The molecule has 1 heteroatoms. The van der Waals surface area contributed by atoms with Gasteiger partial charge in [-0.05, 0) is 0 Å². The highest BCUT2D eigenvalue weighted by Gasteiger charge is 1.86. The summed E-state index contributed by atoms with van der Waals surface area (Å²) < 4.78 is 0. The molecule has 0 aliphatic rings. The third kappa shape index (κ3) is 8.22. The van der Waals surface area contributed by atoms with Gasteiger partial charge >= 0.3 is 0 Å². The quantitative estimate of drug-likeness (QED) is 0.397. The van der Waals surface area contributed by atoms with Gasteiger partial charge in [-0.3, -0.25) is 0 Å². The number of hydrogen-bond acceptors (Lipinski definition) is 0. The highest BCUT2D eigenvalue weighted by atomic mass is 28.2. The summed E-state index contributed by atoms with van der Waals surface area (Å²) in [6, 6.07) is 3.17. The van der Waals surface area contributed by atoms with Crippen LogP contribution in [-0.2, 0) is 0 Å². The molecular weight excluding hydrogens is 124 g/mol. The maximum Gasteiger partial charge on any atom is 0.0197 e. The molecular formula is C8H20Si. The lowest BCUT2D eigenvalue weighted by molar-refractivity contribution is 0.767. The summed E-state index contributed by atoms with van der Waals surface area (Å²) in [7, 11) is 0.391. The molecule has 0 nitrogen and oxygen atoms in total. The molecule has 0 aromatic rings. The van der Waals surface area contributed by atoms with Gasteiger partial charge < -0.3 is 0 Å². The summed E-state index contributed by atoms with van der Waals surface area (Å²) in [6.45, 7) is 4.58. The second kappa shape index (κ2) is 8.22. The number of unbranched alkanes of at least 4 members (excludes halogenated alkanes) is 2. The van der Waals surface area contributed by atoms with Crippen LogP contribution in [0.4, 0.5) is 0 Å². The van der Waals surface area contributed by atoms with Crippen LogP contribution in [0.1, 0.15) is 39.5 Å². The lowest BCUT2D eigenvalue weighted by Gasteiger charge is -1.95. The van der Waals surface area contributed by atoms with Gasteiger partial charge in [0.05, 0.1) is 0 Å². The molecule has 9 heavy (non-hydrogen) atoms. The minimum atomic E-state index is 0.391. The predicted octanol–water partition coefficient (Wildman–Crippen LogP) is 2.59. The monoisotopic (exact) mass is 144 g/mol. The van der Waals surface area contributed by atoms with E-state index in [0.717, 1.165) is 0 Å². The summed E-state index contributed by atoms with van der Waals surface area (Å²) in [4.78, 5) is 0. The van der Waals surface area contributed by atoms with Gasteiger partial charge in [-0.25, -0.2) is 0 Å². The van der Waals surface area contributed by atoms with Crippen molar-refractivity contribution in [2.24, 2.45) is 0 Å². The largest absolute Gasteiger partial charge is 0.0657 e. The van der Waals surface area contributed by atoms with Crippen LogP contribution < -0.4 is 0 Å². The summed E-state index contributed by atoms with van der Waals surface area (Å²) in [5.74, 6) is 0. The molecule has 0 heterocycles. The molecule has 0 aliphatic heterocycles. The summed E-state index contributed by atoms with van der Waals surface area (Å²) in [5.41, 5.74) is 0. The first-order valence-electron chi connectivity index (χ1n) is 4.41. The van der Waals surface area contributed by atoms with Crippen molar-refractivity contribution in [2.45, 2.75) is 51.6 Å². The highest BCUT2D eigenvalue weighted by molar-refractivity contribution is 6.35. The van der Waals surface area contributed by atoms with Gasteiger partial charge in [-0.1, -0.05) is 51.6 Å². The third-order valence-corrected chi connectivity index (χ3v) is 3.91. The Kier molecular flexibility index (Phi) is 8.41. The zero-order valence-electron chi connectivity index (χ0n) is 6.95. The van der Waals surface area contributed by atoms with E-state index >= 15 is 0 Å². The zero-order chi connectivity index (χ0) is 6.95. The van der Waals surface area contributed by atoms with Crippen LogP contribution in [0, 0.1) is 0 Å². The molecule has 56 valence electrons. The lowest BCUT2D eigenvalue weighted by Crippen LogP contribution is -1.86. The van der Waals surface area contributed by atoms with E-state index in [1.54, 1.807) is 12.1 Å². The Bertz CT molecular complexity index is 37.8. The van der Waals surface area contributed by atoms with Crippen LogP contribution in [0.25, 0.3) is 0 Å². The van der Waals surface area contributed by atoms with Crippen LogP contribution in [0.3, 0.4) is 0 Å². The van der Waals surface area contributed by atoms with Crippen molar-refractivity contribution in [2.75, 3.05) is 0 Å². The Balaban J connectivity index is 2.60. The van der Waals surface area contributed by atoms with Crippen molar-refractivity contribution in [1.29, 1.82) is 0 Å². The molecule has 0 aromatic heterocycles. The van der Waals surface area contributed by atoms with E-state index in [2.05, 4.69) is 13.8 Å². The van der Waals surface area contributed by atoms with E-state index in [-0.39, 0.29) is 0 Å². The van der Waals surface area contributed by atoms with E-state index in [4.69, 9.17) is 0 Å². The summed E-state index contributed by atoms with van der Waals surface area (Å²) in [5, 5.41) is 0. The van der Waals surface area contributed by atoms with Crippen molar-refractivity contribution in [3.8, 4) is 0 Å². The van der Waals surface area contributed by atoms with Gasteiger partial charge in [0.1, 0.15) is 0 Å². The van der Waals surface area contributed by atoms with E-state index < -0.39 is 0 Å². The Hall–Kier alpha value is 0.217. The Morgan fingerprint density at radius 1 is 0.889 bits per heavy atom. The first-order valence-corrected chi connectivity index (χ1v) is 6.41. The average Bonchev–Trinajstić information content (AvgIpc) is 1.89. The van der Waals surface area contributed by atoms with Crippen LogP contribution in [-0.4, -0.2) is 9.52 Å². The van der Waals surface area contributed by atoms with Crippen LogP contribution >= 0.6 is 0 Å². The minimum absolute atomic E-state index is 0.391. The standard InChI is InChI=1S/C8H20Si/c1-3-5-6-8-9-7-4-2/h3-9H2,1-2H3. The first kappa shape index (κ1) is 9.22. The number of hydrogen-bond donors (Lipinski definition) is 0. The van der Waals surface area contributed by atoms with E-state index in [9.17, 15) is 0 Å². The number of rotatable bonds is 6. The fourth-order valence-electron chi connectivity index (χ4n) is 1.03. The average molecular weight is 144 g/mol.